The van der Waals surface area contributed by atoms with Crippen LogP contribution in [-0.2, 0) is 0 Å². The van der Waals surface area contributed by atoms with Crippen LogP contribution >= 0.6 is 0 Å². The minimum Gasteiger partial charge on any atom is -0.504 e. The Bertz CT molecular complexity index is 739. The predicted octanol–water partition coefficient (Wildman–Crippen LogP) is 2.97. The summed E-state index contributed by atoms with van der Waals surface area (Å²) in [6, 6.07) is 0. The van der Waals surface area contributed by atoms with E-state index in [1.807, 2.05) is 0 Å². The summed E-state index contributed by atoms with van der Waals surface area (Å²) in [5.41, 5.74) is 7.12. The van der Waals surface area contributed by atoms with Crippen LogP contribution in [0.25, 0.3) is 0 Å². The third kappa shape index (κ3) is 5.01. The van der Waals surface area contributed by atoms with Gasteiger partial charge in [0, 0.05) is 5.67 Å². The normalized spacial score (nSPS) is 16.2. The molecule has 0 spiro atoms. The van der Waals surface area contributed by atoms with Gasteiger partial charge in [0.15, 0.2) is 11.5 Å². The van der Waals surface area contributed by atoms with Crippen molar-refractivity contribution >= 4 is 47.9 Å². The molecule has 0 fully saturated rings. The Morgan fingerprint density at radius 1 is 0.607 bits per heavy atom. The molecular weight excluding hydrogens is 415 g/mol. The minimum absolute atomic E-state index is 0.0181. The lowest BCUT2D eigenvalue weighted by atomic mass is 10.1. The van der Waals surface area contributed by atoms with E-state index >= 15 is 0 Å². The smallest absolute Gasteiger partial charge is 0.156 e. The fraction of sp³-hybridized carbons (Fsp3) is 0.700. The minimum atomic E-state index is -2.09. The van der Waals surface area contributed by atoms with Crippen LogP contribution in [0.4, 0.5) is 0 Å². The van der Waals surface area contributed by atoms with Gasteiger partial charge in [0.25, 0.3) is 0 Å². The molecule has 1 unspecified atom stereocenters. The Balaban J connectivity index is 4.28. The maximum atomic E-state index is 11.6. The number of aromatic hydroxyl groups is 2. The number of aliphatic hydroxyl groups excluding tert-OH is 1. The van der Waals surface area contributed by atoms with Crippen molar-refractivity contribution in [3.63, 3.8) is 0 Å². The number of rotatable bonds is 6. The molecule has 5 N–H and O–H groups in total. The lowest BCUT2D eigenvalue weighted by Gasteiger charge is -2.40. The van der Waals surface area contributed by atoms with Gasteiger partial charge in [-0.25, -0.2) is 0 Å². The molecule has 162 valence electrons. The summed E-state index contributed by atoms with van der Waals surface area (Å²) in [7, 11) is -7.91. The first-order valence-electron chi connectivity index (χ1n) is 10.2. The summed E-state index contributed by atoms with van der Waals surface area (Å²) < 4.78 is 0. The second-order valence-electron chi connectivity index (χ2n) is 12.3. The van der Waals surface area contributed by atoms with Gasteiger partial charge >= 0.3 is 0 Å². The second-order valence-corrected chi connectivity index (χ2v) is 32.7. The Kier molecular flexibility index (Phi) is 7.05. The molecule has 0 saturated carbocycles. The number of benzene rings is 1. The molecule has 0 saturated heterocycles. The van der Waals surface area contributed by atoms with Crippen LogP contribution in [-0.4, -0.2) is 53.3 Å². The summed E-state index contributed by atoms with van der Waals surface area (Å²) in [6.07, 6.45) is -0.822. The summed E-state index contributed by atoms with van der Waals surface area (Å²) in [4.78, 5) is 0. The fourth-order valence-corrected chi connectivity index (χ4v) is 13.0. The highest BCUT2D eigenvalue weighted by molar-refractivity contribution is 7.00. The van der Waals surface area contributed by atoms with Gasteiger partial charge in [-0.15, -0.1) is 0 Å². The third-order valence-electron chi connectivity index (χ3n) is 5.37. The summed E-state index contributed by atoms with van der Waals surface area (Å²) in [5.74, 6) is 0.0296. The first-order valence-corrected chi connectivity index (χ1v) is 24.3. The van der Waals surface area contributed by atoms with E-state index in [-0.39, 0.29) is 17.2 Å². The molecule has 4 nitrogen and oxygen atoms in total. The van der Waals surface area contributed by atoms with Gasteiger partial charge < -0.3 is 21.1 Å². The zero-order chi connectivity index (χ0) is 22.6. The maximum absolute atomic E-state index is 11.6. The van der Waals surface area contributed by atoms with Crippen LogP contribution in [0.5, 0.6) is 11.5 Å². The lowest BCUT2D eigenvalue weighted by Crippen LogP contribution is -2.63. The number of aliphatic hydroxyl groups is 1. The SMILES string of the molecule is C[Si](C)(C)c1c(O)c(O)c([Si](C)(C)C)c([Si](C)(C)C)c1[C@@H](O)C(N)[Si](C)(C)C. The van der Waals surface area contributed by atoms with Crippen LogP contribution < -0.4 is 21.3 Å². The zero-order valence-corrected chi connectivity index (χ0v) is 24.1. The van der Waals surface area contributed by atoms with Crippen molar-refractivity contribution in [2.75, 3.05) is 0 Å². The molecule has 0 aromatic heterocycles. The van der Waals surface area contributed by atoms with Crippen molar-refractivity contribution in [3.05, 3.63) is 5.56 Å². The van der Waals surface area contributed by atoms with Crippen LogP contribution in [0.3, 0.4) is 0 Å². The van der Waals surface area contributed by atoms with E-state index < -0.39 is 38.4 Å². The van der Waals surface area contributed by atoms with Crippen molar-refractivity contribution in [3.8, 4) is 11.5 Å². The van der Waals surface area contributed by atoms with Crippen molar-refractivity contribution < 1.29 is 15.3 Å². The molecule has 0 aliphatic carbocycles. The fourth-order valence-electron chi connectivity index (χ4n) is 3.96. The van der Waals surface area contributed by atoms with E-state index in [0.717, 1.165) is 21.1 Å². The topological polar surface area (TPSA) is 86.7 Å². The first kappa shape index (κ1) is 25.6. The van der Waals surface area contributed by atoms with Crippen molar-refractivity contribution in [2.45, 2.75) is 90.3 Å². The molecule has 28 heavy (non-hydrogen) atoms. The average Bonchev–Trinajstić information content (AvgIpc) is 2.42. The number of phenolic OH excluding ortho intramolecular Hbond substituents is 2. The van der Waals surface area contributed by atoms with Gasteiger partial charge in [0.05, 0.1) is 38.4 Å². The predicted molar refractivity (Wildman–Crippen MR) is 135 cm³/mol. The maximum Gasteiger partial charge on any atom is 0.156 e. The molecule has 1 aromatic carbocycles. The molecule has 0 heterocycles. The Labute approximate surface area is 176 Å². The number of hydrogen-bond donors (Lipinski definition) is 4. The van der Waals surface area contributed by atoms with Crippen molar-refractivity contribution in [1.82, 2.24) is 0 Å². The molecule has 2 atom stereocenters. The lowest BCUT2D eigenvalue weighted by molar-refractivity contribution is 0.171. The molecular formula is C20H43NO3Si4. The van der Waals surface area contributed by atoms with E-state index in [2.05, 4.69) is 78.6 Å². The van der Waals surface area contributed by atoms with Gasteiger partial charge in [-0.2, -0.15) is 0 Å². The highest BCUT2D eigenvalue weighted by Crippen LogP contribution is 2.33. The third-order valence-corrected chi connectivity index (χ3v) is 14.0. The number of nitrogens with two attached hydrogens (primary N) is 1. The molecule has 1 rings (SSSR count). The largest absolute Gasteiger partial charge is 0.504 e. The average molecular weight is 458 g/mol. The van der Waals surface area contributed by atoms with Crippen molar-refractivity contribution in [1.29, 1.82) is 0 Å². The molecule has 0 amide bonds. The molecule has 0 aliphatic heterocycles. The van der Waals surface area contributed by atoms with Gasteiger partial charge in [0.1, 0.15) is 0 Å². The molecule has 1 aromatic rings. The van der Waals surface area contributed by atoms with Gasteiger partial charge in [0.2, 0.25) is 0 Å². The Morgan fingerprint density at radius 2 is 0.929 bits per heavy atom. The second kappa shape index (κ2) is 7.70. The van der Waals surface area contributed by atoms with E-state index in [1.165, 1.54) is 0 Å². The number of hydrogen-bond acceptors (Lipinski definition) is 4. The highest BCUT2D eigenvalue weighted by Gasteiger charge is 2.43. The zero-order valence-electron chi connectivity index (χ0n) is 20.1. The van der Waals surface area contributed by atoms with Crippen LogP contribution in [0.15, 0.2) is 0 Å². The quantitative estimate of drug-likeness (QED) is 0.391. The van der Waals surface area contributed by atoms with Gasteiger partial charge in [-0.05, 0) is 15.9 Å². The van der Waals surface area contributed by atoms with Crippen molar-refractivity contribution in [2.24, 2.45) is 5.73 Å². The molecule has 8 heteroatoms. The Morgan fingerprint density at radius 3 is 1.21 bits per heavy atom. The van der Waals surface area contributed by atoms with E-state index in [0.29, 0.717) is 0 Å². The first-order chi connectivity index (χ1) is 12.1. The van der Waals surface area contributed by atoms with E-state index in [4.69, 9.17) is 5.73 Å². The summed E-state index contributed by atoms with van der Waals surface area (Å²) >= 11 is 0. The molecule has 0 aliphatic rings. The molecule has 0 radical (unpaired) electrons. The number of phenols is 2. The standard InChI is InChI=1S/C20H43NO3Si4/c1-25(2,3)17-13(14(22)20(21)28(10,11)12)18(26(4,5)6)19(27(7,8)9)16(24)15(17)23/h14,20,22-24H,21H2,1-12H3/t14-,20?/m1/s1. The molecule has 0 bridgehead atoms. The summed E-state index contributed by atoms with van der Waals surface area (Å²) in [5, 5.41) is 36.7. The van der Waals surface area contributed by atoms with Crippen LogP contribution in [0.1, 0.15) is 11.7 Å². The summed E-state index contributed by atoms with van der Waals surface area (Å²) in [6.45, 7) is 26.3. The monoisotopic (exact) mass is 457 g/mol. The van der Waals surface area contributed by atoms with E-state index in [1.54, 1.807) is 0 Å². The van der Waals surface area contributed by atoms with Gasteiger partial charge in [-0.1, -0.05) is 83.8 Å². The van der Waals surface area contributed by atoms with Gasteiger partial charge in [-0.3, -0.25) is 0 Å². The van der Waals surface area contributed by atoms with Crippen LogP contribution in [0.2, 0.25) is 78.6 Å². The highest BCUT2D eigenvalue weighted by atomic mass is 28.3. The van der Waals surface area contributed by atoms with Crippen LogP contribution in [0, 0.1) is 0 Å². The Hall–Kier alpha value is -0.392. The van der Waals surface area contributed by atoms with E-state index in [9.17, 15) is 15.3 Å².